The molecule has 0 aliphatic carbocycles. The van der Waals surface area contributed by atoms with Crippen LogP contribution in [0.5, 0.6) is 5.75 Å². The molecule has 1 saturated heterocycles. The predicted octanol–water partition coefficient (Wildman–Crippen LogP) is 2.57. The van der Waals surface area contributed by atoms with Gasteiger partial charge < -0.3 is 9.84 Å². The average molecular weight is 316 g/mol. The summed E-state index contributed by atoms with van der Waals surface area (Å²) in [5, 5.41) is 9.36. The van der Waals surface area contributed by atoms with Crippen molar-refractivity contribution in [3.63, 3.8) is 0 Å². The van der Waals surface area contributed by atoms with Gasteiger partial charge in [-0.1, -0.05) is 18.2 Å². The molecule has 1 aliphatic heterocycles. The highest BCUT2D eigenvalue weighted by atomic mass is 19.1. The topological polar surface area (TPSA) is 45.6 Å². The van der Waals surface area contributed by atoms with E-state index in [2.05, 4.69) is 4.98 Å². The molecule has 0 radical (unpaired) electrons. The van der Waals surface area contributed by atoms with Gasteiger partial charge in [0.15, 0.2) is 0 Å². The zero-order chi connectivity index (χ0) is 16.1. The number of aliphatic hydroxyl groups excluding tert-OH is 1. The normalized spacial score (nSPS) is 21.5. The molecule has 0 spiro atoms. The van der Waals surface area contributed by atoms with Gasteiger partial charge >= 0.3 is 0 Å². The Morgan fingerprint density at radius 3 is 2.96 bits per heavy atom. The third-order valence-corrected chi connectivity index (χ3v) is 4.08. The lowest BCUT2D eigenvalue weighted by atomic mass is 10.2. The fourth-order valence-corrected chi connectivity index (χ4v) is 2.91. The van der Waals surface area contributed by atoms with Crippen molar-refractivity contribution in [1.82, 2.24) is 9.88 Å². The lowest BCUT2D eigenvalue weighted by Gasteiger charge is -2.22. The minimum absolute atomic E-state index is 0.00368. The number of benzene rings is 1. The van der Waals surface area contributed by atoms with Crippen molar-refractivity contribution >= 4 is 0 Å². The average Bonchev–Trinajstić information content (AvgIpc) is 2.94. The minimum Gasteiger partial charge on any atom is -0.487 e. The highest BCUT2D eigenvalue weighted by molar-refractivity contribution is 5.29. The number of rotatable bonds is 6. The largest absolute Gasteiger partial charge is 0.487 e. The zero-order valence-electron chi connectivity index (χ0n) is 12.9. The smallest absolute Gasteiger partial charge is 0.130 e. The van der Waals surface area contributed by atoms with Gasteiger partial charge in [-0.15, -0.1) is 0 Å². The summed E-state index contributed by atoms with van der Waals surface area (Å²) in [7, 11) is 0. The highest BCUT2D eigenvalue weighted by Gasteiger charge is 2.31. The van der Waals surface area contributed by atoms with Crippen molar-refractivity contribution in [3.8, 4) is 5.75 Å². The predicted molar refractivity (Wildman–Crippen MR) is 85.8 cm³/mol. The number of alkyl halides is 1. The van der Waals surface area contributed by atoms with Crippen LogP contribution in [0.4, 0.5) is 4.39 Å². The minimum atomic E-state index is -0.851. The van der Waals surface area contributed by atoms with E-state index in [1.54, 1.807) is 6.20 Å². The number of hydrogen-bond donors (Lipinski definition) is 1. The molecule has 122 valence electrons. The van der Waals surface area contributed by atoms with E-state index in [1.165, 1.54) is 0 Å². The molecular weight excluding hydrogens is 295 g/mol. The van der Waals surface area contributed by atoms with Crippen LogP contribution >= 0.6 is 0 Å². The second-order valence-electron chi connectivity index (χ2n) is 5.86. The van der Waals surface area contributed by atoms with Crippen LogP contribution in [0.1, 0.15) is 17.7 Å². The molecule has 4 nitrogen and oxygen atoms in total. The first-order chi connectivity index (χ1) is 11.2. The summed E-state index contributed by atoms with van der Waals surface area (Å²) in [4.78, 5) is 6.21. The van der Waals surface area contributed by atoms with Crippen molar-refractivity contribution in [2.75, 3.05) is 13.2 Å². The second kappa shape index (κ2) is 7.53. The maximum Gasteiger partial charge on any atom is 0.130 e. The number of aliphatic hydroxyl groups is 1. The summed E-state index contributed by atoms with van der Waals surface area (Å²) in [5.41, 5.74) is 1.93. The molecule has 2 heterocycles. The van der Waals surface area contributed by atoms with Gasteiger partial charge in [0.25, 0.3) is 0 Å². The summed E-state index contributed by atoms with van der Waals surface area (Å²) in [6.45, 7) is 1.41. The van der Waals surface area contributed by atoms with Crippen molar-refractivity contribution < 1.29 is 14.2 Å². The van der Waals surface area contributed by atoms with Gasteiger partial charge in [-0.25, -0.2) is 4.39 Å². The van der Waals surface area contributed by atoms with Gasteiger partial charge in [0.2, 0.25) is 0 Å². The molecule has 1 aromatic heterocycles. The fourth-order valence-electron chi connectivity index (χ4n) is 2.91. The van der Waals surface area contributed by atoms with Crippen LogP contribution in [-0.4, -0.2) is 40.4 Å². The van der Waals surface area contributed by atoms with Crippen LogP contribution < -0.4 is 4.74 Å². The molecule has 0 saturated carbocycles. The first-order valence-corrected chi connectivity index (χ1v) is 7.85. The quantitative estimate of drug-likeness (QED) is 0.890. The number of pyridine rings is 1. The number of aromatic nitrogens is 1. The molecular formula is C18H21FN2O2. The van der Waals surface area contributed by atoms with E-state index < -0.39 is 6.17 Å². The van der Waals surface area contributed by atoms with Crippen molar-refractivity contribution in [3.05, 3.63) is 59.9 Å². The van der Waals surface area contributed by atoms with Gasteiger partial charge in [0, 0.05) is 25.3 Å². The Labute approximate surface area is 135 Å². The van der Waals surface area contributed by atoms with E-state index in [9.17, 15) is 9.50 Å². The number of halogens is 1. The van der Waals surface area contributed by atoms with Crippen LogP contribution in [0.3, 0.4) is 0 Å². The Hall–Kier alpha value is -1.98. The summed E-state index contributed by atoms with van der Waals surface area (Å²) in [6, 6.07) is 13.4. The van der Waals surface area contributed by atoms with Crippen molar-refractivity contribution in [2.45, 2.75) is 31.8 Å². The molecule has 1 N–H and O–H groups in total. The molecule has 5 heteroatoms. The van der Waals surface area contributed by atoms with Gasteiger partial charge in [-0.2, -0.15) is 0 Å². The third kappa shape index (κ3) is 4.27. The molecule has 0 unspecified atom stereocenters. The van der Waals surface area contributed by atoms with Crippen LogP contribution in [0.2, 0.25) is 0 Å². The fraction of sp³-hybridized carbons (Fsp3) is 0.389. The van der Waals surface area contributed by atoms with E-state index in [1.807, 2.05) is 47.4 Å². The Balaban J connectivity index is 1.61. The summed E-state index contributed by atoms with van der Waals surface area (Å²) >= 11 is 0. The summed E-state index contributed by atoms with van der Waals surface area (Å²) in [5.74, 6) is 0.768. The van der Waals surface area contributed by atoms with E-state index >= 15 is 0 Å². The lowest BCUT2D eigenvalue weighted by molar-refractivity contribution is 0.153. The summed E-state index contributed by atoms with van der Waals surface area (Å²) in [6.07, 6.45) is 1.30. The molecule has 2 aromatic rings. The van der Waals surface area contributed by atoms with Crippen LogP contribution in [0.15, 0.2) is 48.7 Å². The maximum atomic E-state index is 13.5. The molecule has 23 heavy (non-hydrogen) atoms. The molecule has 1 fully saturated rings. The Bertz CT molecular complexity index is 623. The van der Waals surface area contributed by atoms with Gasteiger partial charge in [-0.3, -0.25) is 9.88 Å². The van der Waals surface area contributed by atoms with Crippen LogP contribution in [0.25, 0.3) is 0 Å². The monoisotopic (exact) mass is 316 g/mol. The van der Waals surface area contributed by atoms with E-state index in [-0.39, 0.29) is 12.6 Å². The molecule has 1 aromatic carbocycles. The Morgan fingerprint density at radius 1 is 1.26 bits per heavy atom. The zero-order valence-corrected chi connectivity index (χ0v) is 12.9. The number of nitrogens with zero attached hydrogens (tertiary/aromatic N) is 2. The molecule has 3 rings (SSSR count). The van der Waals surface area contributed by atoms with Crippen LogP contribution in [-0.2, 0) is 13.2 Å². The molecule has 1 aliphatic rings. The first-order valence-electron chi connectivity index (χ1n) is 7.85. The standard InChI is InChI=1S/C18H21FN2O2/c19-15-9-17(12-22)21(11-15)10-14-4-3-6-18(8-14)23-13-16-5-1-2-7-20-16/h1-8,15,17,22H,9-13H2/t15-,17-/m0/s1. The third-order valence-electron chi connectivity index (χ3n) is 4.08. The Morgan fingerprint density at radius 2 is 2.17 bits per heavy atom. The van der Waals surface area contributed by atoms with Crippen molar-refractivity contribution in [1.29, 1.82) is 0 Å². The second-order valence-corrected chi connectivity index (χ2v) is 5.86. The molecule has 2 atom stereocenters. The maximum absolute atomic E-state index is 13.5. The van der Waals surface area contributed by atoms with Gasteiger partial charge in [0.05, 0.1) is 12.3 Å². The van der Waals surface area contributed by atoms with Gasteiger partial charge in [0.1, 0.15) is 18.5 Å². The first kappa shape index (κ1) is 15.9. The SMILES string of the molecule is OC[C@@H]1C[C@H](F)CN1Cc1cccc(OCc2ccccn2)c1. The van der Waals surface area contributed by atoms with Gasteiger partial charge in [-0.05, 0) is 36.2 Å². The number of likely N-dealkylation sites (tertiary alicyclic amines) is 1. The van der Waals surface area contributed by atoms with E-state index in [4.69, 9.17) is 4.74 Å². The molecule has 0 bridgehead atoms. The van der Waals surface area contributed by atoms with Crippen molar-refractivity contribution in [2.24, 2.45) is 0 Å². The number of hydrogen-bond acceptors (Lipinski definition) is 4. The highest BCUT2D eigenvalue weighted by Crippen LogP contribution is 2.24. The van der Waals surface area contributed by atoms with E-state index in [0.717, 1.165) is 17.0 Å². The summed E-state index contributed by atoms with van der Waals surface area (Å²) < 4.78 is 19.3. The van der Waals surface area contributed by atoms with Crippen LogP contribution in [0, 0.1) is 0 Å². The van der Waals surface area contributed by atoms with E-state index in [0.29, 0.717) is 26.1 Å². The molecule has 0 amide bonds. The lowest BCUT2D eigenvalue weighted by Crippen LogP contribution is -2.31. The Kier molecular flexibility index (Phi) is 5.20. The number of ether oxygens (including phenoxy) is 1.